The van der Waals surface area contributed by atoms with Crippen molar-refractivity contribution in [1.82, 2.24) is 0 Å². The molecule has 25 heavy (non-hydrogen) atoms. The lowest BCUT2D eigenvalue weighted by atomic mass is 10.1. The molecule has 0 atom stereocenters. The molecule has 0 radical (unpaired) electrons. The zero-order valence-electron chi connectivity index (χ0n) is 14.2. The highest BCUT2D eigenvalue weighted by Gasteiger charge is 2.23. The highest BCUT2D eigenvalue weighted by Crippen LogP contribution is 2.43. The first-order chi connectivity index (χ1) is 11.7. The van der Waals surface area contributed by atoms with Gasteiger partial charge in [-0.3, -0.25) is 19.2 Å². The molecule has 0 aliphatic heterocycles. The highest BCUT2D eigenvalue weighted by molar-refractivity contribution is 5.96. The van der Waals surface area contributed by atoms with Gasteiger partial charge in [0.15, 0.2) is 16.9 Å². The molecule has 7 nitrogen and oxygen atoms in total. The third kappa shape index (κ3) is 4.00. The van der Waals surface area contributed by atoms with Gasteiger partial charge in [-0.15, -0.1) is 0 Å². The SMILES string of the molecule is CC(=O)Oc1cc2cccc(C)c(=O)c2c(OC(C)=O)c1OC(C)=O. The Morgan fingerprint density at radius 1 is 0.840 bits per heavy atom. The van der Waals surface area contributed by atoms with Crippen LogP contribution in [0.15, 0.2) is 29.1 Å². The summed E-state index contributed by atoms with van der Waals surface area (Å²) in [7, 11) is 0. The number of carbonyl (C=O) groups excluding carboxylic acids is 3. The topological polar surface area (TPSA) is 96.0 Å². The summed E-state index contributed by atoms with van der Waals surface area (Å²) in [5, 5.41) is 0.409. The van der Waals surface area contributed by atoms with Crippen LogP contribution in [-0.4, -0.2) is 17.9 Å². The second kappa shape index (κ2) is 7.12. The van der Waals surface area contributed by atoms with E-state index in [0.29, 0.717) is 10.9 Å². The average Bonchev–Trinajstić information content (AvgIpc) is 2.61. The normalized spacial score (nSPS) is 10.2. The minimum atomic E-state index is -0.731. The Bertz CT molecular complexity index is 944. The van der Waals surface area contributed by atoms with Gasteiger partial charge < -0.3 is 14.2 Å². The van der Waals surface area contributed by atoms with Crippen LogP contribution in [0, 0.1) is 6.92 Å². The van der Waals surface area contributed by atoms with Gasteiger partial charge in [-0.25, -0.2) is 0 Å². The van der Waals surface area contributed by atoms with Crippen LogP contribution in [0.5, 0.6) is 17.2 Å². The van der Waals surface area contributed by atoms with Crippen LogP contribution in [0.1, 0.15) is 26.3 Å². The van der Waals surface area contributed by atoms with E-state index in [9.17, 15) is 19.2 Å². The summed E-state index contributed by atoms with van der Waals surface area (Å²) in [5.41, 5.74) is -0.00330. The van der Waals surface area contributed by atoms with E-state index in [4.69, 9.17) is 14.2 Å². The third-order valence-electron chi connectivity index (χ3n) is 3.18. The van der Waals surface area contributed by atoms with E-state index in [1.165, 1.54) is 13.0 Å². The largest absolute Gasteiger partial charge is 0.423 e. The van der Waals surface area contributed by atoms with Crippen molar-refractivity contribution in [3.63, 3.8) is 0 Å². The summed E-state index contributed by atoms with van der Waals surface area (Å²) in [6.07, 6.45) is 0. The van der Waals surface area contributed by atoms with Gasteiger partial charge in [0, 0.05) is 20.8 Å². The molecule has 2 rings (SSSR count). The summed E-state index contributed by atoms with van der Waals surface area (Å²) >= 11 is 0. The molecule has 0 N–H and O–H groups in total. The van der Waals surface area contributed by atoms with Crippen molar-refractivity contribution in [2.75, 3.05) is 0 Å². The van der Waals surface area contributed by atoms with Gasteiger partial charge >= 0.3 is 17.9 Å². The highest BCUT2D eigenvalue weighted by atomic mass is 16.6. The van der Waals surface area contributed by atoms with Crippen LogP contribution in [0.2, 0.25) is 0 Å². The lowest BCUT2D eigenvalue weighted by Gasteiger charge is -2.14. The average molecular weight is 344 g/mol. The number of fused-ring (bicyclic) bond motifs is 1. The Morgan fingerprint density at radius 2 is 1.40 bits per heavy atom. The van der Waals surface area contributed by atoms with Crippen molar-refractivity contribution >= 4 is 28.7 Å². The molecule has 0 unspecified atom stereocenters. The zero-order valence-corrected chi connectivity index (χ0v) is 14.2. The van der Waals surface area contributed by atoms with E-state index in [-0.39, 0.29) is 22.6 Å². The Balaban J connectivity index is 3.01. The molecule has 7 heteroatoms. The number of hydrogen-bond acceptors (Lipinski definition) is 7. The second-order valence-corrected chi connectivity index (χ2v) is 5.32. The minimum Gasteiger partial charge on any atom is -0.423 e. The summed E-state index contributed by atoms with van der Waals surface area (Å²) in [5.74, 6) is -2.81. The Hall–Kier alpha value is -3.22. The minimum absolute atomic E-state index is 0.0462. The van der Waals surface area contributed by atoms with E-state index in [1.54, 1.807) is 25.1 Å². The van der Waals surface area contributed by atoms with Crippen LogP contribution < -0.4 is 19.6 Å². The Kier molecular flexibility index (Phi) is 5.17. The molecule has 0 aliphatic rings. The fraction of sp³-hybridized carbons (Fsp3) is 0.222. The molecular formula is C18H16O7. The predicted molar refractivity (Wildman–Crippen MR) is 88.9 cm³/mol. The fourth-order valence-electron chi connectivity index (χ4n) is 2.28. The standard InChI is InChI=1S/C18H16O7/c1-9-6-5-7-13-8-14(23-10(2)19)17(24-11(3)20)18(25-12(4)21)15(13)16(9)22/h5-8H,1-4H3. The number of carbonyl (C=O) groups is 3. The molecule has 0 fully saturated rings. The van der Waals surface area contributed by atoms with Gasteiger partial charge in [0.25, 0.3) is 0 Å². The van der Waals surface area contributed by atoms with Crippen molar-refractivity contribution < 1.29 is 28.6 Å². The van der Waals surface area contributed by atoms with Gasteiger partial charge in [-0.1, -0.05) is 18.2 Å². The molecule has 0 heterocycles. The molecule has 0 saturated carbocycles. The first-order valence-electron chi connectivity index (χ1n) is 7.36. The summed E-state index contributed by atoms with van der Waals surface area (Å²) in [6.45, 7) is 5.04. The van der Waals surface area contributed by atoms with Gasteiger partial charge in [-0.05, 0) is 23.9 Å². The smallest absolute Gasteiger partial charge is 0.308 e. The second-order valence-electron chi connectivity index (χ2n) is 5.32. The number of aryl methyl sites for hydroxylation is 1. The monoisotopic (exact) mass is 344 g/mol. The summed E-state index contributed by atoms with van der Waals surface area (Å²) in [6, 6.07) is 6.21. The maximum absolute atomic E-state index is 12.7. The van der Waals surface area contributed by atoms with Crippen molar-refractivity contribution in [2.24, 2.45) is 0 Å². The van der Waals surface area contributed by atoms with Crippen LogP contribution >= 0.6 is 0 Å². The number of rotatable bonds is 3. The first-order valence-corrected chi connectivity index (χ1v) is 7.36. The number of ether oxygens (including phenoxy) is 3. The zero-order chi connectivity index (χ0) is 18.7. The van der Waals surface area contributed by atoms with Crippen molar-refractivity contribution in [1.29, 1.82) is 0 Å². The van der Waals surface area contributed by atoms with Crippen LogP contribution in [0.25, 0.3) is 10.8 Å². The number of hydrogen-bond donors (Lipinski definition) is 0. The molecule has 0 amide bonds. The van der Waals surface area contributed by atoms with E-state index >= 15 is 0 Å². The van der Waals surface area contributed by atoms with E-state index in [2.05, 4.69) is 0 Å². The lowest BCUT2D eigenvalue weighted by Crippen LogP contribution is -2.13. The van der Waals surface area contributed by atoms with Gasteiger partial charge in [0.2, 0.25) is 5.75 Å². The fourth-order valence-corrected chi connectivity index (χ4v) is 2.28. The molecule has 0 aromatic heterocycles. The molecule has 0 spiro atoms. The molecule has 2 aromatic rings. The first kappa shape index (κ1) is 18.1. The van der Waals surface area contributed by atoms with Crippen LogP contribution in [0.3, 0.4) is 0 Å². The van der Waals surface area contributed by atoms with E-state index in [0.717, 1.165) is 13.8 Å². The van der Waals surface area contributed by atoms with Gasteiger partial charge in [0.05, 0.1) is 5.39 Å². The molecule has 0 bridgehead atoms. The summed E-state index contributed by atoms with van der Waals surface area (Å²) < 4.78 is 15.3. The molecular weight excluding hydrogens is 328 g/mol. The molecule has 0 aliphatic carbocycles. The molecule has 130 valence electrons. The number of esters is 3. The lowest BCUT2D eigenvalue weighted by molar-refractivity contribution is -0.135. The molecule has 0 saturated heterocycles. The van der Waals surface area contributed by atoms with Gasteiger partial charge in [-0.2, -0.15) is 0 Å². The number of benzene rings is 1. The molecule has 2 aromatic carbocycles. The van der Waals surface area contributed by atoms with Crippen LogP contribution in [0.4, 0.5) is 0 Å². The van der Waals surface area contributed by atoms with Crippen molar-refractivity contribution in [2.45, 2.75) is 27.7 Å². The Morgan fingerprint density at radius 3 is 1.96 bits per heavy atom. The maximum Gasteiger partial charge on any atom is 0.308 e. The predicted octanol–water partition coefficient (Wildman–Crippen LogP) is 2.28. The maximum atomic E-state index is 12.7. The quantitative estimate of drug-likeness (QED) is 0.622. The van der Waals surface area contributed by atoms with Crippen LogP contribution in [-0.2, 0) is 14.4 Å². The Labute approximate surface area is 143 Å². The van der Waals surface area contributed by atoms with Crippen molar-refractivity contribution in [3.8, 4) is 17.2 Å². The summed E-state index contributed by atoms with van der Waals surface area (Å²) in [4.78, 5) is 47.0. The van der Waals surface area contributed by atoms with Crippen molar-refractivity contribution in [3.05, 3.63) is 40.1 Å². The third-order valence-corrected chi connectivity index (χ3v) is 3.18. The van der Waals surface area contributed by atoms with E-state index in [1.807, 2.05) is 0 Å². The van der Waals surface area contributed by atoms with Gasteiger partial charge in [0.1, 0.15) is 0 Å². The van der Waals surface area contributed by atoms with E-state index < -0.39 is 23.3 Å².